The van der Waals surface area contributed by atoms with Crippen molar-refractivity contribution in [1.29, 1.82) is 0 Å². The standard InChI is InChI=1S/C25H28N8O4S.C24H27N9O.C24H26N8O2/c1-3-37-25(34)31-24-29-21-14-18(13-20(22(21)30-24)23-26-7-4-8-27-23)17-5-6-19(28-15-17)16-32-9-11-33(12-10-32)38(2,35)36;1-2-26-24(34)32-23-30-20-13-17(12-19(21(20)31-23)22-27-6-3-7-28-22)16-4-5-18(29-14-16)15-33-10-8-25-9-11-33;1-2-34-24(33)31-23-29-20-13-17(12-19(21(20)30-23)22-26-6-3-7-27-22)16-4-5-18(28-14-16)15-32-10-8-25-9-11-32/h4-8,13-15H,3,9-12,16H2,1-2H3,(H2,29,30,31,34);3-7,12-14,25H,2,8-11,15H2,1H3,(H3,26,30,31,32,34);3-7,12-14,25H,2,8-11,15H2,1H3,(H2,29,30,31,33). The predicted molar refractivity (Wildman–Crippen MR) is 403 cm³/mol. The van der Waals surface area contributed by atoms with E-state index in [0.717, 1.165) is 138 Å². The third kappa shape index (κ3) is 18.6. The molecule has 12 heterocycles. The topological polar surface area (TPSA) is 391 Å². The van der Waals surface area contributed by atoms with E-state index in [1.54, 1.807) is 69.2 Å². The van der Waals surface area contributed by atoms with E-state index in [2.05, 4.69) is 136 Å². The number of nitrogens with zero attached hydrogens (tertiary/aromatic N) is 16. The zero-order chi connectivity index (χ0) is 73.4. The fraction of sp³-hybridized carbons (Fsp3) is 0.301. The first-order chi connectivity index (χ1) is 51.7. The molecule has 4 amide bonds. The summed E-state index contributed by atoms with van der Waals surface area (Å²) in [7, 11) is -3.16. The number of imidazole rings is 3. The number of hydrogen-bond donors (Lipinski definition) is 9. The molecule has 0 spiro atoms. The number of sulfonamides is 1. The number of hydrogen-bond acceptors (Lipinski definition) is 24. The smallest absolute Gasteiger partial charge is 0.413 e. The number of H-pyrrole nitrogens is 3. The Morgan fingerprint density at radius 3 is 1.08 bits per heavy atom. The predicted octanol–water partition coefficient (Wildman–Crippen LogP) is 8.41. The van der Waals surface area contributed by atoms with Crippen molar-refractivity contribution < 1.29 is 32.3 Å². The van der Waals surface area contributed by atoms with Gasteiger partial charge in [-0.15, -0.1) is 0 Å². The molecule has 9 N–H and O–H groups in total. The van der Waals surface area contributed by atoms with Crippen LogP contribution in [0.25, 0.3) is 101 Å². The lowest BCUT2D eigenvalue weighted by molar-refractivity contribution is 0.166. The van der Waals surface area contributed by atoms with Gasteiger partial charge in [-0.1, -0.05) is 18.2 Å². The molecule has 0 radical (unpaired) electrons. The van der Waals surface area contributed by atoms with Crippen LogP contribution in [-0.2, 0) is 39.1 Å². The van der Waals surface area contributed by atoms with E-state index in [1.165, 1.54) is 10.6 Å². The molecule has 32 nitrogen and oxygen atoms in total. The van der Waals surface area contributed by atoms with Crippen molar-refractivity contribution in [3.05, 3.63) is 164 Å². The Bertz CT molecular complexity index is 4870. The van der Waals surface area contributed by atoms with Gasteiger partial charge < -0.3 is 40.4 Å². The molecule has 0 aliphatic carbocycles. The Balaban J connectivity index is 0.000000141. The summed E-state index contributed by atoms with van der Waals surface area (Å²) in [6.07, 6.45) is 15.8. The van der Waals surface area contributed by atoms with E-state index in [1.807, 2.05) is 74.0 Å². The Morgan fingerprint density at radius 1 is 0.434 bits per heavy atom. The molecule has 3 fully saturated rings. The van der Waals surface area contributed by atoms with Gasteiger partial charge in [0.05, 0.1) is 53.1 Å². The second-order valence-corrected chi connectivity index (χ2v) is 27.0. The number of ether oxygens (including phenoxy) is 2. The van der Waals surface area contributed by atoms with Crippen molar-refractivity contribution in [2.45, 2.75) is 40.4 Å². The van der Waals surface area contributed by atoms with E-state index >= 15 is 0 Å². The number of nitrogens with one attached hydrogen (secondary N) is 9. The number of piperazine rings is 3. The summed E-state index contributed by atoms with van der Waals surface area (Å²) in [6, 6.07) is 29.2. The number of aromatic nitrogens is 15. The number of carbonyl (C=O) groups is 3. The van der Waals surface area contributed by atoms with Gasteiger partial charge in [-0.3, -0.25) is 45.6 Å². The molecule has 3 aromatic carbocycles. The molecule has 3 aliphatic heterocycles. The van der Waals surface area contributed by atoms with Gasteiger partial charge in [0.1, 0.15) is 16.6 Å². The van der Waals surface area contributed by atoms with Crippen LogP contribution >= 0.6 is 0 Å². The maximum Gasteiger partial charge on any atom is 0.413 e. The van der Waals surface area contributed by atoms with E-state index in [-0.39, 0.29) is 25.2 Å². The second kappa shape index (κ2) is 34.3. The van der Waals surface area contributed by atoms with Crippen LogP contribution < -0.4 is 31.9 Å². The lowest BCUT2D eigenvalue weighted by Gasteiger charge is -2.32. The summed E-state index contributed by atoms with van der Waals surface area (Å²) in [4.78, 5) is 106. The Hall–Kier alpha value is -11.7. The lowest BCUT2D eigenvalue weighted by atomic mass is 10.0. The van der Waals surface area contributed by atoms with Crippen LogP contribution in [0, 0.1) is 0 Å². The number of benzene rings is 3. The first-order valence-corrected chi connectivity index (χ1v) is 36.8. The van der Waals surface area contributed by atoms with Gasteiger partial charge in [0.25, 0.3) is 0 Å². The minimum absolute atomic E-state index is 0.249. The van der Waals surface area contributed by atoms with Gasteiger partial charge >= 0.3 is 18.2 Å². The van der Waals surface area contributed by atoms with Crippen LogP contribution in [0.15, 0.2) is 147 Å². The van der Waals surface area contributed by atoms with Gasteiger partial charge in [0.15, 0.2) is 17.5 Å². The molecule has 546 valence electrons. The van der Waals surface area contributed by atoms with Crippen LogP contribution in [0.4, 0.5) is 32.2 Å². The largest absolute Gasteiger partial charge is 0.450 e. The fourth-order valence-corrected chi connectivity index (χ4v) is 13.2. The zero-order valence-electron chi connectivity index (χ0n) is 59.0. The van der Waals surface area contributed by atoms with Crippen molar-refractivity contribution in [3.63, 3.8) is 0 Å². The minimum Gasteiger partial charge on any atom is -0.450 e. The van der Waals surface area contributed by atoms with Gasteiger partial charge in [-0.25, -0.2) is 67.7 Å². The summed E-state index contributed by atoms with van der Waals surface area (Å²) in [5, 5.41) is 17.4. The summed E-state index contributed by atoms with van der Waals surface area (Å²) in [5.41, 5.74) is 15.0. The molecular formula is C73H81N25O7S. The molecule has 3 saturated heterocycles. The molecule has 12 aromatic rings. The van der Waals surface area contributed by atoms with Crippen LogP contribution in [0.3, 0.4) is 0 Å². The number of aromatic amines is 3. The van der Waals surface area contributed by atoms with E-state index < -0.39 is 22.2 Å². The molecule has 15 rings (SSSR count). The third-order valence-corrected chi connectivity index (χ3v) is 18.9. The quantitative estimate of drug-likeness (QED) is 0.0366. The summed E-state index contributed by atoms with van der Waals surface area (Å²) >= 11 is 0. The number of rotatable bonds is 19. The first-order valence-electron chi connectivity index (χ1n) is 34.9. The van der Waals surface area contributed by atoms with Crippen molar-refractivity contribution in [2.75, 3.05) is 121 Å². The average Bonchev–Trinajstić information content (AvgIpc) is 1.61. The highest BCUT2D eigenvalue weighted by molar-refractivity contribution is 7.88. The number of fused-ring (bicyclic) bond motifs is 3. The van der Waals surface area contributed by atoms with Gasteiger partial charge in [0.2, 0.25) is 27.9 Å². The summed E-state index contributed by atoms with van der Waals surface area (Å²) in [6.45, 7) is 19.2. The van der Waals surface area contributed by atoms with Crippen molar-refractivity contribution in [1.82, 2.24) is 110 Å². The number of anilines is 3. The molecule has 0 atom stereocenters. The minimum atomic E-state index is -3.16. The van der Waals surface area contributed by atoms with E-state index in [9.17, 15) is 22.8 Å². The fourth-order valence-electron chi connectivity index (χ4n) is 12.4. The van der Waals surface area contributed by atoms with Crippen LogP contribution in [0.1, 0.15) is 37.9 Å². The highest BCUT2D eigenvalue weighted by Gasteiger charge is 2.25. The van der Waals surface area contributed by atoms with Crippen LogP contribution in [0.5, 0.6) is 0 Å². The van der Waals surface area contributed by atoms with E-state index in [4.69, 9.17) is 19.4 Å². The second-order valence-electron chi connectivity index (χ2n) is 25.0. The Morgan fingerprint density at radius 2 is 0.774 bits per heavy atom. The molecule has 106 heavy (non-hydrogen) atoms. The van der Waals surface area contributed by atoms with Gasteiger partial charge in [-0.05, 0) is 110 Å². The molecule has 33 heteroatoms. The number of amides is 4. The Labute approximate surface area is 610 Å². The van der Waals surface area contributed by atoms with Gasteiger partial charge in [-0.2, -0.15) is 4.31 Å². The first kappa shape index (κ1) is 72.6. The third-order valence-electron chi connectivity index (χ3n) is 17.6. The molecule has 0 saturated carbocycles. The van der Waals surface area contributed by atoms with Crippen molar-refractivity contribution in [2.24, 2.45) is 0 Å². The highest BCUT2D eigenvalue weighted by atomic mass is 32.2. The molecule has 3 aliphatic rings. The zero-order valence-corrected chi connectivity index (χ0v) is 59.8. The van der Waals surface area contributed by atoms with Crippen molar-refractivity contribution >= 4 is 79.2 Å². The normalized spacial score (nSPS) is 14.5. The number of carbonyl (C=O) groups excluding carboxylic acids is 3. The maximum absolute atomic E-state index is 12.0. The summed E-state index contributed by atoms with van der Waals surface area (Å²) < 4.78 is 34.9. The van der Waals surface area contributed by atoms with Crippen molar-refractivity contribution in [3.8, 4) is 67.5 Å². The Kier molecular flexibility index (Phi) is 23.5. The number of urea groups is 1. The molecule has 0 unspecified atom stereocenters. The van der Waals surface area contributed by atoms with Crippen LogP contribution in [0.2, 0.25) is 0 Å². The van der Waals surface area contributed by atoms with Crippen LogP contribution in [-0.4, -0.2) is 225 Å². The maximum atomic E-state index is 12.0. The lowest BCUT2D eigenvalue weighted by Crippen LogP contribution is -2.47. The van der Waals surface area contributed by atoms with E-state index in [0.29, 0.717) is 96.3 Å². The average molecular weight is 1450 g/mol. The monoisotopic (exact) mass is 1450 g/mol. The highest BCUT2D eigenvalue weighted by Crippen LogP contribution is 2.36. The number of pyridine rings is 3. The summed E-state index contributed by atoms with van der Waals surface area (Å²) in [5.74, 6) is 2.54. The SMILES string of the molecule is CCNC(=O)Nc1nc2c(-c3ncccn3)cc(-c3ccc(CN4CCNCC4)nc3)cc2[nH]1.CCOC(=O)Nc1nc2c(-c3ncccn3)cc(-c3ccc(CN4CCN(S(C)(=O)=O)CC4)nc3)cc2[nH]1.CCOC(=O)Nc1nc2c(-c3ncccn3)cc(-c3ccc(CN4CCNCC4)nc3)cc2[nH]1. The van der Waals surface area contributed by atoms with Gasteiger partial charge in [0, 0.05) is 194 Å². The molecule has 0 bridgehead atoms. The molecular weight excluding hydrogens is 1370 g/mol. The molecule has 9 aromatic heterocycles.